The Labute approximate surface area is 130 Å². The molecule has 2 rings (SSSR count). The topological polar surface area (TPSA) is 0 Å². The minimum Gasteiger partial charge on any atom is -0.207 e. The number of halogens is 3. The van der Waals surface area contributed by atoms with Crippen molar-refractivity contribution in [1.29, 1.82) is 0 Å². The van der Waals surface area contributed by atoms with Crippen LogP contribution in [0.1, 0.15) is 22.6 Å². The van der Waals surface area contributed by atoms with Crippen molar-refractivity contribution in [2.45, 2.75) is 19.3 Å². The van der Waals surface area contributed by atoms with Crippen molar-refractivity contribution >= 4 is 31.9 Å². The first-order valence-electron chi connectivity index (χ1n) is 6.17. The minimum absolute atomic E-state index is 0.136. The molecular formula is C16H15Br2F. The second-order valence-corrected chi connectivity index (χ2v) is 6.21. The first-order chi connectivity index (χ1) is 9.11. The van der Waals surface area contributed by atoms with Gasteiger partial charge in [-0.2, -0.15) is 0 Å². The van der Waals surface area contributed by atoms with E-state index in [1.54, 1.807) is 6.07 Å². The highest BCUT2D eigenvalue weighted by atomic mass is 79.9. The Morgan fingerprint density at radius 3 is 2.58 bits per heavy atom. The number of hydrogen-bond acceptors (Lipinski definition) is 0. The van der Waals surface area contributed by atoms with Crippen molar-refractivity contribution in [1.82, 2.24) is 0 Å². The first kappa shape index (κ1) is 14.7. The molecule has 0 N–H and O–H groups in total. The molecule has 1 unspecified atom stereocenters. The van der Waals surface area contributed by atoms with Gasteiger partial charge in [-0.1, -0.05) is 56.1 Å². The van der Waals surface area contributed by atoms with Gasteiger partial charge in [0.05, 0.1) is 0 Å². The lowest BCUT2D eigenvalue weighted by molar-refractivity contribution is 0.598. The molecule has 0 aromatic heterocycles. The molecule has 0 heterocycles. The quantitative estimate of drug-likeness (QED) is 0.599. The zero-order chi connectivity index (χ0) is 13.8. The van der Waals surface area contributed by atoms with Gasteiger partial charge in [0.25, 0.3) is 0 Å². The van der Waals surface area contributed by atoms with Crippen LogP contribution in [0.4, 0.5) is 4.39 Å². The summed E-state index contributed by atoms with van der Waals surface area (Å²) in [6.07, 6.45) is 0.696. The maximum Gasteiger partial charge on any atom is 0.126 e. The zero-order valence-electron chi connectivity index (χ0n) is 10.7. The van der Waals surface area contributed by atoms with Crippen LogP contribution in [0.5, 0.6) is 0 Å². The highest BCUT2D eigenvalue weighted by Gasteiger charge is 2.15. The third-order valence-electron chi connectivity index (χ3n) is 3.29. The summed E-state index contributed by atoms with van der Waals surface area (Å²) in [5.41, 5.74) is 3.28. The monoisotopic (exact) mass is 384 g/mol. The Balaban J connectivity index is 2.29. The lowest BCUT2D eigenvalue weighted by Gasteiger charge is -2.17. The molecule has 0 radical (unpaired) electrons. The van der Waals surface area contributed by atoms with E-state index < -0.39 is 0 Å². The molecule has 2 aromatic rings. The number of aryl methyl sites for hydroxylation is 1. The van der Waals surface area contributed by atoms with E-state index in [4.69, 9.17) is 0 Å². The largest absolute Gasteiger partial charge is 0.207 e. The molecule has 19 heavy (non-hydrogen) atoms. The Kier molecular flexibility index (Phi) is 5.17. The third-order valence-corrected chi connectivity index (χ3v) is 4.56. The van der Waals surface area contributed by atoms with Crippen LogP contribution in [-0.2, 0) is 6.42 Å². The molecule has 3 heteroatoms. The van der Waals surface area contributed by atoms with Crippen LogP contribution in [0.15, 0.2) is 46.9 Å². The van der Waals surface area contributed by atoms with E-state index in [0.29, 0.717) is 6.42 Å². The van der Waals surface area contributed by atoms with E-state index in [1.165, 1.54) is 17.2 Å². The molecule has 0 aliphatic carbocycles. The maximum absolute atomic E-state index is 13.8. The van der Waals surface area contributed by atoms with E-state index >= 15 is 0 Å². The predicted molar refractivity (Wildman–Crippen MR) is 85.5 cm³/mol. The normalized spacial score (nSPS) is 12.4. The van der Waals surface area contributed by atoms with Crippen LogP contribution in [0, 0.1) is 12.7 Å². The van der Waals surface area contributed by atoms with Gasteiger partial charge < -0.3 is 0 Å². The predicted octanol–water partition coefficient (Wildman–Crippen LogP) is 5.62. The van der Waals surface area contributed by atoms with Gasteiger partial charge in [0, 0.05) is 9.80 Å². The molecule has 0 amide bonds. The summed E-state index contributed by atoms with van der Waals surface area (Å²) in [6.45, 7) is 2.10. The Hall–Kier alpha value is -0.670. The Bertz CT molecular complexity index is 566. The molecule has 0 aliphatic rings. The van der Waals surface area contributed by atoms with Gasteiger partial charge in [-0.3, -0.25) is 0 Å². The van der Waals surface area contributed by atoms with Crippen LogP contribution in [0.3, 0.4) is 0 Å². The van der Waals surface area contributed by atoms with Crippen LogP contribution in [0.25, 0.3) is 0 Å². The molecule has 0 aliphatic heterocycles. The molecular weight excluding hydrogens is 371 g/mol. The van der Waals surface area contributed by atoms with Crippen LogP contribution in [-0.4, -0.2) is 5.33 Å². The van der Waals surface area contributed by atoms with E-state index in [1.807, 2.05) is 18.2 Å². The summed E-state index contributed by atoms with van der Waals surface area (Å²) in [4.78, 5) is 0. The highest BCUT2D eigenvalue weighted by molar-refractivity contribution is 9.10. The number of alkyl halides is 1. The van der Waals surface area contributed by atoms with E-state index in [2.05, 4.69) is 50.9 Å². The molecule has 0 fully saturated rings. The Morgan fingerprint density at radius 1 is 1.16 bits per heavy atom. The van der Waals surface area contributed by atoms with Gasteiger partial charge in [-0.25, -0.2) is 4.39 Å². The molecule has 0 nitrogen and oxygen atoms in total. The second-order valence-electron chi connectivity index (χ2n) is 4.65. The van der Waals surface area contributed by atoms with Gasteiger partial charge in [-0.15, -0.1) is 0 Å². The van der Waals surface area contributed by atoms with Crippen molar-refractivity contribution in [2.24, 2.45) is 0 Å². The van der Waals surface area contributed by atoms with Gasteiger partial charge >= 0.3 is 0 Å². The van der Waals surface area contributed by atoms with Crippen LogP contribution >= 0.6 is 31.9 Å². The average molecular weight is 386 g/mol. The van der Waals surface area contributed by atoms with Crippen molar-refractivity contribution in [3.8, 4) is 0 Å². The number of hydrogen-bond donors (Lipinski definition) is 0. The standard InChI is InChI=1S/C16H15Br2F/c1-11-4-2-3-5-15(11)13(10-17)8-12-9-14(18)6-7-16(12)19/h2-7,9,13H,8,10H2,1H3. The van der Waals surface area contributed by atoms with Crippen molar-refractivity contribution in [2.75, 3.05) is 5.33 Å². The third kappa shape index (κ3) is 3.67. The zero-order valence-corrected chi connectivity index (χ0v) is 13.8. The number of rotatable bonds is 4. The van der Waals surface area contributed by atoms with E-state index in [9.17, 15) is 4.39 Å². The van der Waals surface area contributed by atoms with Gasteiger partial charge in [-0.05, 0) is 54.2 Å². The lowest BCUT2D eigenvalue weighted by Crippen LogP contribution is -2.07. The first-order valence-corrected chi connectivity index (χ1v) is 8.08. The summed E-state index contributed by atoms with van der Waals surface area (Å²) in [7, 11) is 0. The van der Waals surface area contributed by atoms with Crippen LogP contribution < -0.4 is 0 Å². The summed E-state index contributed by atoms with van der Waals surface area (Å²) >= 11 is 6.95. The summed E-state index contributed by atoms with van der Waals surface area (Å²) < 4.78 is 14.8. The smallest absolute Gasteiger partial charge is 0.126 e. The molecule has 0 saturated carbocycles. The fourth-order valence-electron chi connectivity index (χ4n) is 2.26. The van der Waals surface area contributed by atoms with Crippen molar-refractivity contribution < 1.29 is 4.39 Å². The van der Waals surface area contributed by atoms with Crippen molar-refractivity contribution in [3.63, 3.8) is 0 Å². The summed E-state index contributed by atoms with van der Waals surface area (Å²) in [5.74, 6) is 0.146. The SMILES string of the molecule is Cc1ccccc1C(CBr)Cc1cc(Br)ccc1F. The summed E-state index contributed by atoms with van der Waals surface area (Å²) in [6, 6.07) is 13.4. The van der Waals surface area contributed by atoms with E-state index in [0.717, 1.165) is 15.4 Å². The molecule has 2 aromatic carbocycles. The highest BCUT2D eigenvalue weighted by Crippen LogP contribution is 2.28. The maximum atomic E-state index is 13.8. The molecule has 0 saturated heterocycles. The fraction of sp³-hybridized carbons (Fsp3) is 0.250. The van der Waals surface area contributed by atoms with Gasteiger partial charge in [0.1, 0.15) is 5.82 Å². The minimum atomic E-state index is -0.136. The fourth-order valence-corrected chi connectivity index (χ4v) is 3.24. The molecule has 1 atom stereocenters. The molecule has 100 valence electrons. The number of benzene rings is 2. The summed E-state index contributed by atoms with van der Waals surface area (Å²) in [5, 5.41) is 0.823. The molecule has 0 bridgehead atoms. The van der Waals surface area contributed by atoms with Gasteiger partial charge in [0.15, 0.2) is 0 Å². The average Bonchev–Trinajstić information content (AvgIpc) is 2.41. The van der Waals surface area contributed by atoms with E-state index in [-0.39, 0.29) is 11.7 Å². The van der Waals surface area contributed by atoms with Crippen molar-refractivity contribution in [3.05, 3.63) is 69.4 Å². The van der Waals surface area contributed by atoms with Crippen LogP contribution in [0.2, 0.25) is 0 Å². The lowest BCUT2D eigenvalue weighted by atomic mass is 9.90. The Morgan fingerprint density at radius 2 is 1.89 bits per heavy atom. The molecule has 0 spiro atoms. The van der Waals surface area contributed by atoms with Gasteiger partial charge in [0.2, 0.25) is 0 Å². The second kappa shape index (κ2) is 6.67.